The molecule has 1 amide bonds. The third-order valence-electron chi connectivity index (χ3n) is 4.69. The molecule has 0 spiro atoms. The summed E-state index contributed by atoms with van der Waals surface area (Å²) in [6.07, 6.45) is 0. The van der Waals surface area contributed by atoms with Crippen LogP contribution in [0.2, 0.25) is 0 Å². The topological polar surface area (TPSA) is 69.0 Å². The molecule has 2 aromatic carbocycles. The van der Waals surface area contributed by atoms with Crippen LogP contribution < -0.4 is 10.1 Å². The number of thiophene rings is 1. The lowest BCUT2D eigenvalue weighted by atomic mass is 10.1. The number of carbonyl (C=O) groups is 1. The van der Waals surface area contributed by atoms with Gasteiger partial charge in [-0.25, -0.2) is 0 Å². The number of hydrogen-bond acceptors (Lipinski definition) is 6. The van der Waals surface area contributed by atoms with Crippen LogP contribution in [0.5, 0.6) is 5.75 Å². The van der Waals surface area contributed by atoms with E-state index in [0.717, 1.165) is 33.4 Å². The quantitative estimate of drug-likeness (QED) is 0.384. The Labute approximate surface area is 189 Å². The van der Waals surface area contributed by atoms with Crippen LogP contribution in [0.4, 0.5) is 5.69 Å². The molecule has 2 heterocycles. The average molecular weight is 451 g/mol. The first kappa shape index (κ1) is 21.1. The van der Waals surface area contributed by atoms with E-state index in [2.05, 4.69) is 21.6 Å². The lowest BCUT2D eigenvalue weighted by Crippen LogP contribution is -2.15. The molecule has 0 bridgehead atoms. The second kappa shape index (κ2) is 9.36. The predicted octanol–water partition coefficient (Wildman–Crippen LogP) is 5.35. The van der Waals surface area contributed by atoms with Crippen molar-refractivity contribution in [1.82, 2.24) is 14.8 Å². The lowest BCUT2D eigenvalue weighted by molar-refractivity contribution is -0.113. The standard InChI is InChI=1S/C23H22N4O2S2/c1-15-6-11-19(16(2)13-15)24-21(28)14-31-23-26-25-22(20-5-4-12-30-20)27(23)17-7-9-18(29-3)10-8-17/h4-13H,14H2,1-3H3,(H,24,28). The number of aryl methyl sites for hydroxylation is 2. The van der Waals surface area contributed by atoms with E-state index in [1.54, 1.807) is 18.4 Å². The number of nitrogens with one attached hydrogen (secondary N) is 1. The van der Waals surface area contributed by atoms with Crippen LogP contribution in [-0.2, 0) is 4.79 Å². The lowest BCUT2D eigenvalue weighted by Gasteiger charge is -2.11. The van der Waals surface area contributed by atoms with Crippen molar-refractivity contribution in [2.45, 2.75) is 19.0 Å². The van der Waals surface area contributed by atoms with Crippen LogP contribution in [0.25, 0.3) is 16.4 Å². The summed E-state index contributed by atoms with van der Waals surface area (Å²) in [5.41, 5.74) is 3.94. The normalized spacial score (nSPS) is 10.8. The molecule has 0 aliphatic heterocycles. The largest absolute Gasteiger partial charge is 0.497 e. The molecule has 158 valence electrons. The number of thioether (sulfide) groups is 1. The van der Waals surface area contributed by atoms with Crippen LogP contribution in [0.1, 0.15) is 11.1 Å². The molecule has 0 aliphatic carbocycles. The molecule has 0 aliphatic rings. The summed E-state index contributed by atoms with van der Waals surface area (Å²) in [6.45, 7) is 4.02. The highest BCUT2D eigenvalue weighted by Gasteiger charge is 2.18. The molecule has 0 saturated carbocycles. The molecule has 0 atom stereocenters. The van der Waals surface area contributed by atoms with Crippen LogP contribution in [0.15, 0.2) is 65.1 Å². The molecule has 6 nitrogen and oxygen atoms in total. The van der Waals surface area contributed by atoms with Gasteiger partial charge >= 0.3 is 0 Å². The molecular formula is C23H22N4O2S2. The molecular weight excluding hydrogens is 428 g/mol. The summed E-state index contributed by atoms with van der Waals surface area (Å²) >= 11 is 2.96. The summed E-state index contributed by atoms with van der Waals surface area (Å²) in [5, 5.41) is 14.4. The Morgan fingerprint density at radius 1 is 1.13 bits per heavy atom. The number of benzene rings is 2. The van der Waals surface area contributed by atoms with E-state index in [1.807, 2.05) is 72.3 Å². The summed E-state index contributed by atoms with van der Waals surface area (Å²) in [4.78, 5) is 13.6. The maximum atomic E-state index is 12.6. The third kappa shape index (κ3) is 4.81. The smallest absolute Gasteiger partial charge is 0.234 e. The van der Waals surface area contributed by atoms with Gasteiger partial charge in [-0.3, -0.25) is 9.36 Å². The van der Waals surface area contributed by atoms with E-state index >= 15 is 0 Å². The van der Waals surface area contributed by atoms with Gasteiger partial charge < -0.3 is 10.1 Å². The number of anilines is 1. The van der Waals surface area contributed by atoms with Crippen molar-refractivity contribution in [1.29, 1.82) is 0 Å². The highest BCUT2D eigenvalue weighted by molar-refractivity contribution is 7.99. The molecule has 0 unspecified atom stereocenters. The number of aromatic nitrogens is 3. The first-order chi connectivity index (χ1) is 15.0. The summed E-state index contributed by atoms with van der Waals surface area (Å²) in [7, 11) is 1.64. The van der Waals surface area contributed by atoms with Crippen molar-refractivity contribution in [2.75, 3.05) is 18.2 Å². The maximum absolute atomic E-state index is 12.6. The Morgan fingerprint density at radius 3 is 2.61 bits per heavy atom. The Morgan fingerprint density at radius 2 is 1.94 bits per heavy atom. The van der Waals surface area contributed by atoms with Gasteiger partial charge in [-0.2, -0.15) is 0 Å². The number of rotatable bonds is 7. The number of methoxy groups -OCH3 is 1. The van der Waals surface area contributed by atoms with E-state index in [9.17, 15) is 4.79 Å². The number of amides is 1. The summed E-state index contributed by atoms with van der Waals surface area (Å²) in [5.74, 6) is 1.67. The maximum Gasteiger partial charge on any atom is 0.234 e. The zero-order valence-corrected chi connectivity index (χ0v) is 19.1. The van der Waals surface area contributed by atoms with Gasteiger partial charge in [-0.05, 0) is 61.2 Å². The molecule has 4 aromatic rings. The van der Waals surface area contributed by atoms with Crippen molar-refractivity contribution in [3.63, 3.8) is 0 Å². The molecule has 2 aromatic heterocycles. The zero-order chi connectivity index (χ0) is 21.8. The Kier molecular flexibility index (Phi) is 6.39. The molecule has 8 heteroatoms. The monoisotopic (exact) mass is 450 g/mol. The third-order valence-corrected chi connectivity index (χ3v) is 6.49. The van der Waals surface area contributed by atoms with Gasteiger partial charge in [-0.1, -0.05) is 35.5 Å². The molecule has 1 N–H and O–H groups in total. The Bertz CT molecular complexity index is 1190. The average Bonchev–Trinajstić information content (AvgIpc) is 3.44. The fourth-order valence-electron chi connectivity index (χ4n) is 3.16. The molecule has 0 fully saturated rings. The van der Waals surface area contributed by atoms with E-state index in [0.29, 0.717) is 5.16 Å². The SMILES string of the molecule is COc1ccc(-n2c(SCC(=O)Nc3ccc(C)cc3C)nnc2-c2cccs2)cc1. The zero-order valence-electron chi connectivity index (χ0n) is 17.5. The van der Waals surface area contributed by atoms with E-state index in [-0.39, 0.29) is 11.7 Å². The van der Waals surface area contributed by atoms with Gasteiger partial charge in [0.1, 0.15) is 5.75 Å². The molecule has 31 heavy (non-hydrogen) atoms. The summed E-state index contributed by atoms with van der Waals surface area (Å²) < 4.78 is 7.25. The minimum Gasteiger partial charge on any atom is -0.497 e. The van der Waals surface area contributed by atoms with E-state index in [1.165, 1.54) is 17.3 Å². The van der Waals surface area contributed by atoms with Crippen LogP contribution >= 0.6 is 23.1 Å². The first-order valence-corrected chi connectivity index (χ1v) is 11.6. The predicted molar refractivity (Wildman–Crippen MR) is 126 cm³/mol. The Balaban J connectivity index is 1.57. The number of nitrogens with zero attached hydrogens (tertiary/aromatic N) is 3. The second-order valence-corrected chi connectivity index (χ2v) is 8.86. The van der Waals surface area contributed by atoms with Gasteiger partial charge in [0.2, 0.25) is 5.91 Å². The second-order valence-electron chi connectivity index (χ2n) is 6.97. The Hall–Kier alpha value is -3.10. The fraction of sp³-hybridized carbons (Fsp3) is 0.174. The highest BCUT2D eigenvalue weighted by atomic mass is 32.2. The van der Waals surface area contributed by atoms with Crippen molar-refractivity contribution in [3.8, 4) is 22.1 Å². The van der Waals surface area contributed by atoms with Gasteiger partial charge in [0, 0.05) is 5.69 Å². The number of ether oxygens (including phenoxy) is 1. The van der Waals surface area contributed by atoms with Gasteiger partial charge in [0.25, 0.3) is 0 Å². The van der Waals surface area contributed by atoms with Crippen molar-refractivity contribution in [3.05, 3.63) is 71.1 Å². The van der Waals surface area contributed by atoms with Crippen molar-refractivity contribution in [2.24, 2.45) is 0 Å². The van der Waals surface area contributed by atoms with E-state index in [4.69, 9.17) is 4.74 Å². The van der Waals surface area contributed by atoms with Gasteiger partial charge in [-0.15, -0.1) is 21.5 Å². The molecule has 0 radical (unpaired) electrons. The van der Waals surface area contributed by atoms with Crippen LogP contribution in [0, 0.1) is 13.8 Å². The van der Waals surface area contributed by atoms with Gasteiger partial charge in [0.15, 0.2) is 11.0 Å². The molecule has 4 rings (SSSR count). The minimum atomic E-state index is -0.0843. The summed E-state index contributed by atoms with van der Waals surface area (Å²) in [6, 6.07) is 17.7. The fourth-order valence-corrected chi connectivity index (χ4v) is 4.61. The molecule has 0 saturated heterocycles. The van der Waals surface area contributed by atoms with Crippen molar-refractivity contribution < 1.29 is 9.53 Å². The first-order valence-electron chi connectivity index (χ1n) is 9.69. The highest BCUT2D eigenvalue weighted by Crippen LogP contribution is 2.31. The van der Waals surface area contributed by atoms with Crippen molar-refractivity contribution >= 4 is 34.7 Å². The number of hydrogen-bond donors (Lipinski definition) is 1. The van der Waals surface area contributed by atoms with Gasteiger partial charge in [0.05, 0.1) is 23.4 Å². The van der Waals surface area contributed by atoms with Crippen LogP contribution in [-0.4, -0.2) is 33.5 Å². The van der Waals surface area contributed by atoms with Crippen LogP contribution in [0.3, 0.4) is 0 Å². The minimum absolute atomic E-state index is 0.0843. The van der Waals surface area contributed by atoms with E-state index < -0.39 is 0 Å². The number of carbonyl (C=O) groups excluding carboxylic acids is 1.